The van der Waals surface area contributed by atoms with E-state index < -0.39 is 0 Å². The number of hydrogen-bond donors (Lipinski definition) is 0. The largest absolute Gasteiger partial charge is 0.0710 e. The van der Waals surface area contributed by atoms with E-state index in [0.29, 0.717) is 0 Å². The summed E-state index contributed by atoms with van der Waals surface area (Å²) >= 11 is 0. The minimum atomic E-state index is 0.815. The number of hydrogen-bond acceptors (Lipinski definition) is 0. The second-order valence-corrected chi connectivity index (χ2v) is 8.60. The SMILES string of the molecule is CC1=C(C)[C@@H](C)C(C)C1C.CC1=C(C)[C@@H](C)C(C)C1C.CCCC. The van der Waals surface area contributed by atoms with Gasteiger partial charge in [-0.25, -0.2) is 0 Å². The van der Waals surface area contributed by atoms with E-state index >= 15 is 0 Å². The monoisotopic (exact) mass is 334 g/mol. The van der Waals surface area contributed by atoms with Crippen LogP contribution in [0.25, 0.3) is 0 Å². The van der Waals surface area contributed by atoms with Crippen molar-refractivity contribution in [3.63, 3.8) is 0 Å². The summed E-state index contributed by atoms with van der Waals surface area (Å²) < 4.78 is 0. The highest BCUT2D eigenvalue weighted by molar-refractivity contribution is 5.23. The summed E-state index contributed by atoms with van der Waals surface area (Å²) in [5, 5.41) is 0. The molecule has 0 aromatic heterocycles. The van der Waals surface area contributed by atoms with Gasteiger partial charge in [0, 0.05) is 0 Å². The van der Waals surface area contributed by atoms with Gasteiger partial charge < -0.3 is 0 Å². The van der Waals surface area contributed by atoms with Gasteiger partial charge in [-0.2, -0.15) is 0 Å². The number of allylic oxidation sites excluding steroid dienone is 4. The molecule has 0 spiro atoms. The molecule has 0 saturated heterocycles. The van der Waals surface area contributed by atoms with Crippen LogP contribution in [0.2, 0.25) is 0 Å². The molecule has 0 nitrogen and oxygen atoms in total. The fraction of sp³-hybridized carbons (Fsp3) is 0.833. The van der Waals surface area contributed by atoms with Gasteiger partial charge in [-0.3, -0.25) is 0 Å². The van der Waals surface area contributed by atoms with Gasteiger partial charge in [-0.1, -0.05) is 90.5 Å². The predicted octanol–water partition coefficient (Wildman–Crippen LogP) is 8.30. The fourth-order valence-corrected chi connectivity index (χ4v) is 3.88. The first-order chi connectivity index (χ1) is 11.0. The molecule has 0 bridgehead atoms. The third kappa shape index (κ3) is 5.50. The molecule has 0 heterocycles. The summed E-state index contributed by atoms with van der Waals surface area (Å²) in [5.41, 5.74) is 6.50. The Morgan fingerprint density at radius 2 is 0.625 bits per heavy atom. The van der Waals surface area contributed by atoms with Crippen molar-refractivity contribution >= 4 is 0 Å². The molecule has 0 radical (unpaired) electrons. The van der Waals surface area contributed by atoms with E-state index in [4.69, 9.17) is 0 Å². The highest BCUT2D eigenvalue weighted by Crippen LogP contribution is 2.41. The summed E-state index contributed by atoms with van der Waals surface area (Å²) in [5.74, 6) is 4.98. The molecule has 2 aliphatic rings. The Balaban J connectivity index is 0.000000363. The van der Waals surface area contributed by atoms with Crippen LogP contribution < -0.4 is 0 Å². The van der Waals surface area contributed by atoms with E-state index in [1.54, 1.807) is 22.3 Å². The van der Waals surface area contributed by atoms with Crippen molar-refractivity contribution in [3.05, 3.63) is 22.3 Å². The van der Waals surface area contributed by atoms with Crippen molar-refractivity contribution in [2.24, 2.45) is 35.5 Å². The minimum absolute atomic E-state index is 0.815. The van der Waals surface area contributed by atoms with Crippen LogP contribution in [-0.2, 0) is 0 Å². The third-order valence-corrected chi connectivity index (χ3v) is 7.63. The average Bonchev–Trinajstić information content (AvgIpc) is 2.86. The maximum absolute atomic E-state index is 2.36. The Bertz CT molecular complexity index is 359. The van der Waals surface area contributed by atoms with Gasteiger partial charge in [-0.05, 0) is 63.2 Å². The molecule has 0 aliphatic heterocycles. The normalized spacial score (nSPS) is 35.5. The summed E-state index contributed by atoms with van der Waals surface area (Å²) in [7, 11) is 0. The first kappa shape index (κ1) is 23.5. The van der Waals surface area contributed by atoms with E-state index in [1.807, 2.05) is 0 Å². The highest BCUT2D eigenvalue weighted by atomic mass is 14.4. The highest BCUT2D eigenvalue weighted by Gasteiger charge is 2.30. The molecule has 0 aromatic carbocycles. The number of rotatable bonds is 1. The topological polar surface area (TPSA) is 0 Å². The molecule has 2 aliphatic carbocycles. The van der Waals surface area contributed by atoms with Crippen molar-refractivity contribution in [1.82, 2.24) is 0 Å². The van der Waals surface area contributed by atoms with E-state index in [9.17, 15) is 0 Å². The van der Waals surface area contributed by atoms with Gasteiger partial charge in [0.2, 0.25) is 0 Å². The zero-order chi connectivity index (χ0) is 19.2. The van der Waals surface area contributed by atoms with Gasteiger partial charge in [0.1, 0.15) is 0 Å². The minimum Gasteiger partial charge on any atom is -0.0710 e. The quantitative estimate of drug-likeness (QED) is 0.423. The summed E-state index contributed by atoms with van der Waals surface area (Å²) in [4.78, 5) is 0. The molecule has 0 aromatic rings. The molecular formula is C24H46. The van der Waals surface area contributed by atoms with Gasteiger partial charge in [0.15, 0.2) is 0 Å². The molecule has 0 amide bonds. The van der Waals surface area contributed by atoms with Crippen molar-refractivity contribution in [2.45, 2.75) is 95.9 Å². The van der Waals surface area contributed by atoms with E-state index in [-0.39, 0.29) is 0 Å². The Kier molecular flexibility index (Phi) is 10.2. The molecule has 2 rings (SSSR count). The molecule has 0 fully saturated rings. The number of unbranched alkanes of at least 4 members (excludes halogenated alkanes) is 1. The maximum Gasteiger partial charge on any atom is -0.0200 e. The molecule has 6 atom stereocenters. The van der Waals surface area contributed by atoms with E-state index in [1.165, 1.54) is 12.8 Å². The van der Waals surface area contributed by atoms with Crippen LogP contribution in [-0.4, -0.2) is 0 Å². The lowest BCUT2D eigenvalue weighted by atomic mass is 9.90. The second kappa shape index (κ2) is 10.5. The zero-order valence-corrected chi connectivity index (χ0v) is 18.9. The molecule has 0 N–H and O–H groups in total. The molecular weight excluding hydrogens is 288 g/mol. The summed E-state index contributed by atoms with van der Waals surface area (Å²) in [6.07, 6.45) is 2.64. The summed E-state index contributed by atoms with van der Waals surface area (Å²) in [6.45, 7) is 27.5. The molecule has 4 unspecified atom stereocenters. The van der Waals surface area contributed by atoms with Crippen molar-refractivity contribution < 1.29 is 0 Å². The van der Waals surface area contributed by atoms with Crippen LogP contribution in [0.5, 0.6) is 0 Å². The van der Waals surface area contributed by atoms with Crippen LogP contribution in [0.4, 0.5) is 0 Å². The first-order valence-electron chi connectivity index (χ1n) is 10.4. The van der Waals surface area contributed by atoms with Crippen LogP contribution in [0.1, 0.15) is 95.9 Å². The fourth-order valence-electron chi connectivity index (χ4n) is 3.88. The van der Waals surface area contributed by atoms with Crippen molar-refractivity contribution in [1.29, 1.82) is 0 Å². The molecule has 0 saturated carbocycles. The zero-order valence-electron chi connectivity index (χ0n) is 18.9. The summed E-state index contributed by atoms with van der Waals surface area (Å²) in [6, 6.07) is 0. The van der Waals surface area contributed by atoms with Gasteiger partial charge >= 0.3 is 0 Å². The lowest BCUT2D eigenvalue weighted by Crippen LogP contribution is -2.08. The first-order valence-corrected chi connectivity index (χ1v) is 10.4. The molecule has 0 heteroatoms. The maximum atomic E-state index is 2.36. The average molecular weight is 335 g/mol. The lowest BCUT2D eigenvalue weighted by Gasteiger charge is -2.15. The van der Waals surface area contributed by atoms with E-state index in [2.05, 4.69) is 83.1 Å². The Hall–Kier alpha value is -0.520. The van der Waals surface area contributed by atoms with Crippen LogP contribution in [0.15, 0.2) is 22.3 Å². The van der Waals surface area contributed by atoms with Crippen molar-refractivity contribution in [2.75, 3.05) is 0 Å². The molecule has 142 valence electrons. The lowest BCUT2D eigenvalue weighted by molar-refractivity contribution is 0.390. The third-order valence-electron chi connectivity index (χ3n) is 7.63. The van der Waals surface area contributed by atoms with E-state index in [0.717, 1.165) is 35.5 Å². The van der Waals surface area contributed by atoms with Crippen molar-refractivity contribution in [3.8, 4) is 0 Å². The predicted molar refractivity (Wildman–Crippen MR) is 112 cm³/mol. The Labute approximate surface area is 154 Å². The standard InChI is InChI=1S/2C10H18.C4H10/c2*1-6-7(2)9(4)10(5)8(6)3;1-3-4-2/h2*6-8H,1-5H3;3-4H2,1-2H3/t2*6?,7-,8?;/m00./s1. The molecule has 24 heavy (non-hydrogen) atoms. The van der Waals surface area contributed by atoms with Gasteiger partial charge in [0.25, 0.3) is 0 Å². The van der Waals surface area contributed by atoms with Gasteiger partial charge in [-0.15, -0.1) is 0 Å². The second-order valence-electron chi connectivity index (χ2n) is 8.60. The Morgan fingerprint density at radius 1 is 0.458 bits per heavy atom. The van der Waals surface area contributed by atoms with Crippen LogP contribution in [0.3, 0.4) is 0 Å². The van der Waals surface area contributed by atoms with Crippen LogP contribution >= 0.6 is 0 Å². The van der Waals surface area contributed by atoms with Gasteiger partial charge in [0.05, 0.1) is 0 Å². The smallest absolute Gasteiger partial charge is 0.0200 e. The Morgan fingerprint density at radius 3 is 0.667 bits per heavy atom. The van der Waals surface area contributed by atoms with Crippen LogP contribution in [0, 0.1) is 35.5 Å².